The number of nitrogens with zero attached hydrogens (tertiary/aromatic N) is 2. The number of rotatable bonds is 6. The lowest BCUT2D eigenvalue weighted by molar-refractivity contribution is -0.134. The maximum atomic E-state index is 12.7. The smallest absolute Gasteiger partial charge is 0.261 e. The first-order valence-corrected chi connectivity index (χ1v) is 9.86. The Labute approximate surface area is 170 Å². The lowest BCUT2D eigenvalue weighted by atomic mass is 10.1. The molecule has 1 saturated heterocycles. The van der Waals surface area contributed by atoms with E-state index in [0.29, 0.717) is 5.75 Å². The second-order valence-corrected chi connectivity index (χ2v) is 7.21. The normalized spacial score (nSPS) is 15.9. The first-order valence-electron chi connectivity index (χ1n) is 9.86. The Hall–Kier alpha value is -3.34. The molecular formula is C24H24N2O3. The Bertz CT molecular complexity index is 940. The van der Waals surface area contributed by atoms with Crippen molar-refractivity contribution in [3.8, 4) is 17.2 Å². The highest BCUT2D eigenvalue weighted by atomic mass is 16.5. The third kappa shape index (κ3) is 4.74. The number of ether oxygens (including phenoxy) is 2. The van der Waals surface area contributed by atoms with Gasteiger partial charge in [0.15, 0.2) is 6.61 Å². The Kier molecular flexibility index (Phi) is 5.75. The Morgan fingerprint density at radius 2 is 1.72 bits per heavy atom. The molecule has 1 aliphatic heterocycles. The van der Waals surface area contributed by atoms with Crippen molar-refractivity contribution in [3.63, 3.8) is 0 Å². The summed E-state index contributed by atoms with van der Waals surface area (Å²) in [6, 6.07) is 19.2. The molecule has 148 valence electrons. The van der Waals surface area contributed by atoms with Gasteiger partial charge in [0.05, 0.1) is 6.04 Å². The third-order valence-corrected chi connectivity index (χ3v) is 5.09. The van der Waals surface area contributed by atoms with Gasteiger partial charge in [0.25, 0.3) is 5.91 Å². The molecule has 0 spiro atoms. The second kappa shape index (κ2) is 8.78. The van der Waals surface area contributed by atoms with E-state index in [4.69, 9.17) is 9.47 Å². The summed E-state index contributed by atoms with van der Waals surface area (Å²) in [6.45, 7) is 2.82. The van der Waals surface area contributed by atoms with Crippen molar-refractivity contribution in [2.75, 3.05) is 13.2 Å². The largest absolute Gasteiger partial charge is 0.484 e. The highest BCUT2D eigenvalue weighted by molar-refractivity contribution is 5.78. The molecule has 0 bridgehead atoms. The number of aryl methyl sites for hydroxylation is 1. The van der Waals surface area contributed by atoms with Gasteiger partial charge in [-0.15, -0.1) is 0 Å². The summed E-state index contributed by atoms with van der Waals surface area (Å²) in [7, 11) is 0. The Balaban J connectivity index is 1.32. The minimum absolute atomic E-state index is 0.00339. The molecule has 0 N–H and O–H groups in total. The standard InChI is InChI=1S/C24H24N2O3/c1-18-6-8-21(9-7-18)29-22-12-10-20(11-13-22)28-17-24(27)26-15-3-5-23(26)19-4-2-14-25-16-19/h2,4,6-14,16,23H,3,5,15,17H2,1H3. The van der Waals surface area contributed by atoms with Gasteiger partial charge in [-0.2, -0.15) is 0 Å². The number of benzene rings is 2. The number of pyridine rings is 1. The lowest BCUT2D eigenvalue weighted by Crippen LogP contribution is -2.34. The minimum atomic E-state index is -0.00339. The molecule has 5 nitrogen and oxygen atoms in total. The number of likely N-dealkylation sites (tertiary alicyclic amines) is 1. The summed E-state index contributed by atoms with van der Waals surface area (Å²) >= 11 is 0. The highest BCUT2D eigenvalue weighted by Gasteiger charge is 2.30. The molecule has 1 atom stereocenters. The second-order valence-electron chi connectivity index (χ2n) is 7.21. The predicted molar refractivity (Wildman–Crippen MR) is 111 cm³/mol. The molecule has 0 saturated carbocycles. The van der Waals surface area contributed by atoms with E-state index in [1.807, 2.05) is 78.7 Å². The van der Waals surface area contributed by atoms with Crippen LogP contribution in [0.1, 0.15) is 30.0 Å². The van der Waals surface area contributed by atoms with Gasteiger partial charge in [-0.3, -0.25) is 9.78 Å². The first-order chi connectivity index (χ1) is 14.2. The van der Waals surface area contributed by atoms with Crippen LogP contribution in [0.5, 0.6) is 17.2 Å². The van der Waals surface area contributed by atoms with Crippen molar-refractivity contribution in [3.05, 3.63) is 84.2 Å². The van der Waals surface area contributed by atoms with Crippen LogP contribution >= 0.6 is 0 Å². The van der Waals surface area contributed by atoms with Crippen molar-refractivity contribution < 1.29 is 14.3 Å². The van der Waals surface area contributed by atoms with Crippen molar-refractivity contribution in [1.82, 2.24) is 9.88 Å². The van der Waals surface area contributed by atoms with Crippen LogP contribution in [0.25, 0.3) is 0 Å². The molecule has 5 heteroatoms. The van der Waals surface area contributed by atoms with Gasteiger partial charge in [-0.05, 0) is 67.8 Å². The van der Waals surface area contributed by atoms with E-state index < -0.39 is 0 Å². The van der Waals surface area contributed by atoms with Gasteiger partial charge in [0.2, 0.25) is 0 Å². The molecule has 2 heterocycles. The average Bonchev–Trinajstić information content (AvgIpc) is 3.25. The predicted octanol–water partition coefficient (Wildman–Crippen LogP) is 4.92. The minimum Gasteiger partial charge on any atom is -0.484 e. The molecule has 4 rings (SSSR count). The van der Waals surface area contributed by atoms with Gasteiger partial charge in [0, 0.05) is 18.9 Å². The number of carbonyl (C=O) groups is 1. The van der Waals surface area contributed by atoms with Crippen molar-refractivity contribution in [2.24, 2.45) is 0 Å². The van der Waals surface area contributed by atoms with Gasteiger partial charge in [-0.1, -0.05) is 23.8 Å². The van der Waals surface area contributed by atoms with E-state index >= 15 is 0 Å². The lowest BCUT2D eigenvalue weighted by Gasteiger charge is -2.24. The quantitative estimate of drug-likeness (QED) is 0.601. The number of carbonyl (C=O) groups excluding carboxylic acids is 1. The van der Waals surface area contributed by atoms with Crippen LogP contribution in [-0.2, 0) is 4.79 Å². The van der Waals surface area contributed by atoms with Crippen LogP contribution in [0.4, 0.5) is 0 Å². The zero-order chi connectivity index (χ0) is 20.1. The van der Waals surface area contributed by atoms with Gasteiger partial charge < -0.3 is 14.4 Å². The molecule has 0 radical (unpaired) electrons. The van der Waals surface area contributed by atoms with Gasteiger partial charge in [-0.25, -0.2) is 0 Å². The van der Waals surface area contributed by atoms with Crippen LogP contribution in [0.15, 0.2) is 73.1 Å². The highest BCUT2D eigenvalue weighted by Crippen LogP contribution is 2.31. The van der Waals surface area contributed by atoms with Crippen LogP contribution in [0.3, 0.4) is 0 Å². The summed E-state index contributed by atoms with van der Waals surface area (Å²) < 4.78 is 11.5. The molecule has 2 aromatic carbocycles. The van der Waals surface area contributed by atoms with Crippen molar-refractivity contribution in [2.45, 2.75) is 25.8 Å². The SMILES string of the molecule is Cc1ccc(Oc2ccc(OCC(=O)N3CCCC3c3cccnc3)cc2)cc1. The molecule has 29 heavy (non-hydrogen) atoms. The molecule has 0 aliphatic carbocycles. The Morgan fingerprint density at radius 3 is 2.41 bits per heavy atom. The van der Waals surface area contributed by atoms with E-state index in [0.717, 1.165) is 36.4 Å². The first kappa shape index (κ1) is 19.0. The number of hydrogen-bond acceptors (Lipinski definition) is 4. The van der Waals surface area contributed by atoms with Crippen LogP contribution in [-0.4, -0.2) is 28.9 Å². The van der Waals surface area contributed by atoms with Crippen LogP contribution < -0.4 is 9.47 Å². The van der Waals surface area contributed by atoms with E-state index in [9.17, 15) is 4.79 Å². The maximum absolute atomic E-state index is 12.7. The van der Waals surface area contributed by atoms with E-state index in [1.165, 1.54) is 5.56 Å². The topological polar surface area (TPSA) is 51.7 Å². The molecule has 1 fully saturated rings. The van der Waals surface area contributed by atoms with Crippen molar-refractivity contribution in [1.29, 1.82) is 0 Å². The zero-order valence-corrected chi connectivity index (χ0v) is 16.5. The summed E-state index contributed by atoms with van der Waals surface area (Å²) in [5.41, 5.74) is 2.27. The van der Waals surface area contributed by atoms with E-state index in [2.05, 4.69) is 4.98 Å². The zero-order valence-electron chi connectivity index (χ0n) is 16.5. The Morgan fingerprint density at radius 1 is 1.03 bits per heavy atom. The maximum Gasteiger partial charge on any atom is 0.261 e. The molecule has 1 aliphatic rings. The summed E-state index contributed by atoms with van der Waals surface area (Å²) in [6.07, 6.45) is 5.54. The fourth-order valence-electron chi connectivity index (χ4n) is 3.56. The molecule has 3 aromatic rings. The van der Waals surface area contributed by atoms with Crippen LogP contribution in [0, 0.1) is 6.92 Å². The summed E-state index contributed by atoms with van der Waals surface area (Å²) in [5.74, 6) is 2.15. The number of amides is 1. The summed E-state index contributed by atoms with van der Waals surface area (Å²) in [5, 5.41) is 0. The van der Waals surface area contributed by atoms with E-state index in [1.54, 1.807) is 6.20 Å². The fraction of sp³-hybridized carbons (Fsp3) is 0.250. The van der Waals surface area contributed by atoms with Crippen LogP contribution in [0.2, 0.25) is 0 Å². The van der Waals surface area contributed by atoms with Gasteiger partial charge in [0.1, 0.15) is 17.2 Å². The fourth-order valence-corrected chi connectivity index (χ4v) is 3.56. The van der Waals surface area contributed by atoms with Gasteiger partial charge >= 0.3 is 0 Å². The molecule has 1 amide bonds. The molecule has 1 aromatic heterocycles. The van der Waals surface area contributed by atoms with Crippen molar-refractivity contribution >= 4 is 5.91 Å². The monoisotopic (exact) mass is 388 g/mol. The molecule has 1 unspecified atom stereocenters. The van der Waals surface area contributed by atoms with E-state index in [-0.39, 0.29) is 18.6 Å². The number of hydrogen-bond donors (Lipinski definition) is 0. The summed E-state index contributed by atoms with van der Waals surface area (Å²) in [4.78, 5) is 18.8. The third-order valence-electron chi connectivity index (χ3n) is 5.09. The average molecular weight is 388 g/mol. The molecular weight excluding hydrogens is 364 g/mol. The number of aromatic nitrogens is 1.